The molecule has 0 aromatic heterocycles. The van der Waals surface area contributed by atoms with Crippen LogP contribution >= 0.6 is 0 Å². The van der Waals surface area contributed by atoms with Crippen molar-refractivity contribution in [2.24, 2.45) is 0 Å². The molecule has 0 saturated carbocycles. The Bertz CT molecular complexity index is 758. The molecule has 0 aliphatic heterocycles. The van der Waals surface area contributed by atoms with Crippen LogP contribution in [0.4, 0.5) is 0 Å². The second-order valence-electron chi connectivity index (χ2n) is 5.23. The summed E-state index contributed by atoms with van der Waals surface area (Å²) < 4.78 is 0. The highest BCUT2D eigenvalue weighted by Crippen LogP contribution is 2.30. The lowest BCUT2D eigenvalue weighted by molar-refractivity contribution is 0.536. The van der Waals surface area contributed by atoms with Crippen molar-refractivity contribution in [3.8, 4) is 0 Å². The molecular formula is C19H17O. The lowest BCUT2D eigenvalue weighted by atomic mass is 9.90. The van der Waals surface area contributed by atoms with Gasteiger partial charge in [0.15, 0.2) is 0 Å². The summed E-state index contributed by atoms with van der Waals surface area (Å²) in [4.78, 5) is 11.3. The van der Waals surface area contributed by atoms with E-state index in [9.17, 15) is 4.79 Å². The molecule has 0 fully saturated rings. The zero-order valence-electron chi connectivity index (χ0n) is 11.6. The topological polar surface area (TPSA) is 17.1 Å². The molecule has 1 unspecified atom stereocenters. The van der Waals surface area contributed by atoms with Crippen LogP contribution in [0.25, 0.3) is 21.5 Å². The van der Waals surface area contributed by atoms with E-state index in [1.54, 1.807) is 0 Å². The van der Waals surface area contributed by atoms with Gasteiger partial charge in [0.1, 0.15) is 0 Å². The molecule has 3 aromatic carbocycles. The van der Waals surface area contributed by atoms with Crippen LogP contribution in [0.15, 0.2) is 54.6 Å². The zero-order chi connectivity index (χ0) is 13.9. The predicted molar refractivity (Wildman–Crippen MR) is 84.8 cm³/mol. The van der Waals surface area contributed by atoms with Crippen molar-refractivity contribution in [3.63, 3.8) is 0 Å². The molecule has 0 bridgehead atoms. The number of hydrogen-bond acceptors (Lipinski definition) is 1. The fourth-order valence-corrected chi connectivity index (χ4v) is 2.86. The van der Waals surface area contributed by atoms with Gasteiger partial charge in [0.05, 0.1) is 5.92 Å². The SMILES string of the molecule is CCCC([C]=O)c1cccc2cc3ccccc3cc12. The molecule has 0 aliphatic rings. The number of carbonyl (C=O) groups excluding carboxylic acids is 1. The summed E-state index contributed by atoms with van der Waals surface area (Å²) in [5.41, 5.74) is 1.10. The Labute approximate surface area is 119 Å². The Morgan fingerprint density at radius 2 is 1.65 bits per heavy atom. The van der Waals surface area contributed by atoms with E-state index in [-0.39, 0.29) is 5.92 Å². The van der Waals surface area contributed by atoms with Gasteiger partial charge in [-0.1, -0.05) is 55.8 Å². The standard InChI is InChI=1S/C19H17O/c1-2-6-17(13-20)18-10-5-9-16-11-14-7-3-4-8-15(14)12-19(16)18/h3-5,7-12,17H,2,6H2,1H3. The number of hydrogen-bond donors (Lipinski definition) is 0. The smallest absolute Gasteiger partial charge is 0.206 e. The number of benzene rings is 3. The Kier molecular flexibility index (Phi) is 3.51. The molecule has 0 spiro atoms. The van der Waals surface area contributed by atoms with Crippen molar-refractivity contribution in [3.05, 3.63) is 60.2 Å². The van der Waals surface area contributed by atoms with Gasteiger partial charge >= 0.3 is 0 Å². The van der Waals surface area contributed by atoms with Gasteiger partial charge in [-0.15, -0.1) is 0 Å². The molecular weight excluding hydrogens is 244 g/mol. The quantitative estimate of drug-likeness (QED) is 0.605. The number of fused-ring (bicyclic) bond motifs is 2. The van der Waals surface area contributed by atoms with Crippen molar-refractivity contribution in [2.45, 2.75) is 25.7 Å². The highest BCUT2D eigenvalue weighted by Gasteiger charge is 2.13. The van der Waals surface area contributed by atoms with E-state index in [4.69, 9.17) is 0 Å². The summed E-state index contributed by atoms with van der Waals surface area (Å²) in [6.45, 7) is 2.10. The molecule has 20 heavy (non-hydrogen) atoms. The zero-order valence-corrected chi connectivity index (χ0v) is 11.6. The first-order valence-electron chi connectivity index (χ1n) is 7.12. The van der Waals surface area contributed by atoms with Gasteiger partial charge in [0, 0.05) is 0 Å². The van der Waals surface area contributed by atoms with Gasteiger partial charge in [0.25, 0.3) is 0 Å². The van der Waals surface area contributed by atoms with Crippen LogP contribution in [0.1, 0.15) is 31.2 Å². The van der Waals surface area contributed by atoms with Crippen LogP contribution in [0.5, 0.6) is 0 Å². The lowest BCUT2D eigenvalue weighted by Crippen LogP contribution is -2.00. The monoisotopic (exact) mass is 261 g/mol. The minimum atomic E-state index is -0.120. The average molecular weight is 261 g/mol. The van der Waals surface area contributed by atoms with Crippen molar-refractivity contribution < 1.29 is 4.79 Å². The third kappa shape index (κ3) is 2.20. The molecule has 1 nitrogen and oxygen atoms in total. The maximum absolute atomic E-state index is 11.3. The summed E-state index contributed by atoms with van der Waals surface area (Å²) in [6.07, 6.45) is 4.06. The van der Waals surface area contributed by atoms with Crippen LogP contribution in [0.3, 0.4) is 0 Å². The van der Waals surface area contributed by atoms with Crippen molar-refractivity contribution in [1.29, 1.82) is 0 Å². The minimum Gasteiger partial charge on any atom is -0.290 e. The van der Waals surface area contributed by atoms with Gasteiger partial charge in [0.2, 0.25) is 6.29 Å². The molecule has 3 rings (SSSR count). The molecule has 0 aliphatic carbocycles. The van der Waals surface area contributed by atoms with Gasteiger partial charge in [-0.3, -0.25) is 4.79 Å². The summed E-state index contributed by atoms with van der Waals surface area (Å²) in [5.74, 6) is -0.120. The summed E-state index contributed by atoms with van der Waals surface area (Å²) in [7, 11) is 0. The van der Waals surface area contributed by atoms with Gasteiger partial charge in [-0.05, 0) is 45.7 Å². The van der Waals surface area contributed by atoms with E-state index in [0.29, 0.717) is 0 Å². The highest BCUT2D eigenvalue weighted by molar-refractivity contribution is 6.00. The largest absolute Gasteiger partial charge is 0.290 e. The maximum atomic E-state index is 11.3. The lowest BCUT2D eigenvalue weighted by Gasteiger charge is -2.13. The van der Waals surface area contributed by atoms with Crippen molar-refractivity contribution >= 4 is 27.8 Å². The van der Waals surface area contributed by atoms with Crippen LogP contribution in [-0.2, 0) is 4.79 Å². The van der Waals surface area contributed by atoms with Crippen LogP contribution in [0, 0.1) is 0 Å². The summed E-state index contributed by atoms with van der Waals surface area (Å²) in [6, 6.07) is 18.9. The van der Waals surface area contributed by atoms with Gasteiger partial charge in [-0.2, -0.15) is 0 Å². The Morgan fingerprint density at radius 3 is 2.35 bits per heavy atom. The van der Waals surface area contributed by atoms with Crippen LogP contribution in [-0.4, -0.2) is 6.29 Å². The number of rotatable bonds is 4. The van der Waals surface area contributed by atoms with Crippen molar-refractivity contribution in [2.75, 3.05) is 0 Å². The molecule has 99 valence electrons. The Morgan fingerprint density at radius 1 is 0.950 bits per heavy atom. The third-order valence-electron chi connectivity index (χ3n) is 3.88. The van der Waals surface area contributed by atoms with E-state index in [2.05, 4.69) is 55.7 Å². The second-order valence-corrected chi connectivity index (χ2v) is 5.23. The summed E-state index contributed by atoms with van der Waals surface area (Å²) >= 11 is 0. The van der Waals surface area contributed by atoms with Crippen LogP contribution < -0.4 is 0 Å². The molecule has 1 atom stereocenters. The fourth-order valence-electron chi connectivity index (χ4n) is 2.86. The highest BCUT2D eigenvalue weighted by atomic mass is 16.1. The van der Waals surface area contributed by atoms with E-state index in [0.717, 1.165) is 18.4 Å². The molecule has 1 heteroatoms. The maximum Gasteiger partial charge on any atom is 0.206 e. The summed E-state index contributed by atoms with van der Waals surface area (Å²) in [5, 5.41) is 4.82. The van der Waals surface area contributed by atoms with E-state index in [1.807, 2.05) is 12.1 Å². The minimum absolute atomic E-state index is 0.120. The van der Waals surface area contributed by atoms with Crippen LogP contribution in [0.2, 0.25) is 0 Å². The predicted octanol–water partition coefficient (Wildman–Crippen LogP) is 4.99. The van der Waals surface area contributed by atoms with E-state index < -0.39 is 0 Å². The first-order valence-corrected chi connectivity index (χ1v) is 7.12. The second kappa shape index (κ2) is 5.46. The van der Waals surface area contributed by atoms with Crippen molar-refractivity contribution in [1.82, 2.24) is 0 Å². The average Bonchev–Trinajstić information content (AvgIpc) is 2.50. The molecule has 3 aromatic rings. The Hall–Kier alpha value is -2.15. The Balaban J connectivity index is 2.27. The molecule has 0 heterocycles. The van der Waals surface area contributed by atoms with E-state index in [1.165, 1.54) is 21.5 Å². The third-order valence-corrected chi connectivity index (χ3v) is 3.88. The normalized spacial score (nSPS) is 12.7. The van der Waals surface area contributed by atoms with E-state index >= 15 is 0 Å². The molecule has 0 amide bonds. The van der Waals surface area contributed by atoms with Gasteiger partial charge in [-0.25, -0.2) is 0 Å². The molecule has 0 N–H and O–H groups in total. The first-order chi connectivity index (χ1) is 9.83. The molecule has 1 radical (unpaired) electrons. The fraction of sp³-hybridized carbons (Fsp3) is 0.211. The van der Waals surface area contributed by atoms with Gasteiger partial charge < -0.3 is 0 Å². The first kappa shape index (κ1) is 12.9. The molecule has 0 saturated heterocycles.